The average molecular weight is 262 g/mol. The molecular weight excluding hydrogens is 249 g/mol. The van der Waals surface area contributed by atoms with Crippen LogP contribution in [0.2, 0.25) is 0 Å². The fraction of sp³-hybridized carbons (Fsp3) is 0.364. The lowest BCUT2D eigenvalue weighted by molar-refractivity contribution is 0.0556. The summed E-state index contributed by atoms with van der Waals surface area (Å²) in [7, 11) is 0. The van der Waals surface area contributed by atoms with Crippen molar-refractivity contribution in [2.75, 3.05) is 19.6 Å². The van der Waals surface area contributed by atoms with Crippen molar-refractivity contribution in [2.45, 2.75) is 6.43 Å². The van der Waals surface area contributed by atoms with Crippen LogP contribution in [-0.2, 0) is 0 Å². The van der Waals surface area contributed by atoms with E-state index in [-0.39, 0.29) is 13.1 Å². The van der Waals surface area contributed by atoms with Crippen molar-refractivity contribution in [1.29, 1.82) is 0 Å². The summed E-state index contributed by atoms with van der Waals surface area (Å²) in [5.41, 5.74) is 4.58. The van der Waals surface area contributed by atoms with E-state index in [1.807, 2.05) is 0 Å². The SMILES string of the molecule is NCCN(CC(F)F)C(=O)c1c(O)cccc1F. The molecule has 0 radical (unpaired) electrons. The largest absolute Gasteiger partial charge is 0.507 e. The van der Waals surface area contributed by atoms with E-state index in [4.69, 9.17) is 5.73 Å². The van der Waals surface area contributed by atoms with E-state index in [2.05, 4.69) is 0 Å². The number of aromatic hydroxyl groups is 1. The van der Waals surface area contributed by atoms with Crippen LogP contribution in [0.1, 0.15) is 10.4 Å². The number of hydrogen-bond donors (Lipinski definition) is 2. The third-order valence-electron chi connectivity index (χ3n) is 2.25. The Morgan fingerprint density at radius 2 is 2.11 bits per heavy atom. The number of halogens is 3. The van der Waals surface area contributed by atoms with E-state index in [0.717, 1.165) is 12.1 Å². The molecule has 0 aromatic heterocycles. The first-order valence-corrected chi connectivity index (χ1v) is 5.22. The molecule has 1 aromatic rings. The predicted molar refractivity (Wildman–Crippen MR) is 59.0 cm³/mol. The summed E-state index contributed by atoms with van der Waals surface area (Å²) >= 11 is 0. The molecule has 0 heterocycles. The van der Waals surface area contributed by atoms with Gasteiger partial charge >= 0.3 is 0 Å². The molecule has 1 aromatic carbocycles. The average Bonchev–Trinajstić information content (AvgIpc) is 2.27. The Labute approximate surface area is 102 Å². The zero-order chi connectivity index (χ0) is 13.7. The molecule has 0 fully saturated rings. The van der Waals surface area contributed by atoms with E-state index in [1.54, 1.807) is 0 Å². The number of benzene rings is 1. The maximum Gasteiger partial charge on any atom is 0.260 e. The minimum atomic E-state index is -2.76. The third kappa shape index (κ3) is 3.36. The van der Waals surface area contributed by atoms with Crippen LogP contribution >= 0.6 is 0 Å². The van der Waals surface area contributed by atoms with Crippen LogP contribution < -0.4 is 5.73 Å². The Kier molecular flexibility index (Phi) is 4.96. The van der Waals surface area contributed by atoms with Crippen LogP contribution in [0.5, 0.6) is 5.75 Å². The van der Waals surface area contributed by atoms with Gasteiger partial charge in [-0.2, -0.15) is 0 Å². The summed E-state index contributed by atoms with van der Waals surface area (Å²) < 4.78 is 38.0. The Hall–Kier alpha value is -1.76. The van der Waals surface area contributed by atoms with Gasteiger partial charge in [-0.15, -0.1) is 0 Å². The number of rotatable bonds is 5. The first-order valence-electron chi connectivity index (χ1n) is 5.22. The van der Waals surface area contributed by atoms with E-state index in [0.29, 0.717) is 4.90 Å². The zero-order valence-electron chi connectivity index (χ0n) is 9.44. The van der Waals surface area contributed by atoms with Gasteiger partial charge in [-0.1, -0.05) is 6.07 Å². The van der Waals surface area contributed by atoms with Crippen LogP contribution in [0.25, 0.3) is 0 Å². The molecule has 100 valence electrons. The number of alkyl halides is 2. The summed E-state index contributed by atoms with van der Waals surface area (Å²) in [6, 6.07) is 3.29. The molecule has 0 aliphatic heterocycles. The second kappa shape index (κ2) is 6.25. The van der Waals surface area contributed by atoms with Gasteiger partial charge in [0.2, 0.25) is 0 Å². The normalized spacial score (nSPS) is 10.7. The topological polar surface area (TPSA) is 66.6 Å². The molecule has 0 atom stereocenters. The highest BCUT2D eigenvalue weighted by Gasteiger charge is 2.24. The summed E-state index contributed by atoms with van der Waals surface area (Å²) in [6.45, 7) is -1.03. The summed E-state index contributed by atoms with van der Waals surface area (Å²) in [5, 5.41) is 9.41. The Morgan fingerprint density at radius 1 is 1.44 bits per heavy atom. The molecule has 0 saturated heterocycles. The standard InChI is InChI=1S/C11H13F3N2O2/c12-7-2-1-3-8(17)10(7)11(18)16(5-4-15)6-9(13)14/h1-3,9,17H,4-6,15H2. The Bertz CT molecular complexity index is 406. The smallest absolute Gasteiger partial charge is 0.260 e. The number of phenolic OH excluding ortho intramolecular Hbond substituents is 1. The summed E-state index contributed by atoms with van der Waals surface area (Å²) in [4.78, 5) is 12.6. The highest BCUT2D eigenvalue weighted by molar-refractivity contribution is 5.97. The fourth-order valence-corrected chi connectivity index (χ4v) is 1.48. The fourth-order valence-electron chi connectivity index (χ4n) is 1.48. The molecule has 7 heteroatoms. The molecular formula is C11H13F3N2O2. The van der Waals surface area contributed by atoms with E-state index in [9.17, 15) is 23.1 Å². The second-order valence-corrected chi connectivity index (χ2v) is 3.56. The lowest BCUT2D eigenvalue weighted by Gasteiger charge is -2.22. The van der Waals surface area contributed by atoms with Crippen LogP contribution in [0.4, 0.5) is 13.2 Å². The second-order valence-electron chi connectivity index (χ2n) is 3.56. The van der Waals surface area contributed by atoms with Crippen LogP contribution in [0.3, 0.4) is 0 Å². The van der Waals surface area contributed by atoms with Gasteiger partial charge in [-0.3, -0.25) is 4.79 Å². The zero-order valence-corrected chi connectivity index (χ0v) is 9.44. The van der Waals surface area contributed by atoms with Gasteiger partial charge in [0.15, 0.2) is 0 Å². The van der Waals surface area contributed by atoms with Crippen molar-refractivity contribution < 1.29 is 23.1 Å². The number of carbonyl (C=O) groups is 1. The molecule has 18 heavy (non-hydrogen) atoms. The molecule has 0 aliphatic carbocycles. The molecule has 0 aliphatic rings. The monoisotopic (exact) mass is 262 g/mol. The van der Waals surface area contributed by atoms with Crippen molar-refractivity contribution in [1.82, 2.24) is 4.90 Å². The van der Waals surface area contributed by atoms with Crippen molar-refractivity contribution in [3.8, 4) is 5.75 Å². The van der Waals surface area contributed by atoms with E-state index in [1.165, 1.54) is 6.07 Å². The van der Waals surface area contributed by atoms with Gasteiger partial charge in [0.25, 0.3) is 12.3 Å². The molecule has 0 bridgehead atoms. The van der Waals surface area contributed by atoms with Crippen LogP contribution in [0, 0.1) is 5.82 Å². The maximum absolute atomic E-state index is 13.4. The molecule has 3 N–H and O–H groups in total. The number of nitrogens with zero attached hydrogens (tertiary/aromatic N) is 1. The minimum Gasteiger partial charge on any atom is -0.507 e. The molecule has 0 spiro atoms. The number of carbonyl (C=O) groups excluding carboxylic acids is 1. The molecule has 1 amide bonds. The molecule has 1 rings (SSSR count). The van der Waals surface area contributed by atoms with Gasteiger partial charge in [0, 0.05) is 13.1 Å². The lowest BCUT2D eigenvalue weighted by Crippen LogP contribution is -2.39. The number of amides is 1. The molecule has 4 nitrogen and oxygen atoms in total. The Morgan fingerprint density at radius 3 is 2.61 bits per heavy atom. The summed E-state index contributed by atoms with van der Waals surface area (Å²) in [5.74, 6) is -2.55. The predicted octanol–water partition coefficient (Wildman–Crippen LogP) is 1.20. The van der Waals surface area contributed by atoms with Crippen molar-refractivity contribution in [2.24, 2.45) is 5.73 Å². The van der Waals surface area contributed by atoms with Gasteiger partial charge in [-0.05, 0) is 12.1 Å². The van der Waals surface area contributed by atoms with Gasteiger partial charge < -0.3 is 15.7 Å². The third-order valence-corrected chi connectivity index (χ3v) is 2.25. The first-order chi connectivity index (χ1) is 8.47. The van der Waals surface area contributed by atoms with Crippen molar-refractivity contribution >= 4 is 5.91 Å². The summed E-state index contributed by atoms with van der Waals surface area (Å²) in [6.07, 6.45) is -2.76. The van der Waals surface area contributed by atoms with Crippen molar-refractivity contribution in [3.05, 3.63) is 29.6 Å². The molecule has 0 saturated carbocycles. The molecule has 0 unspecified atom stereocenters. The maximum atomic E-state index is 13.4. The minimum absolute atomic E-state index is 0.0341. The van der Waals surface area contributed by atoms with Crippen LogP contribution in [0.15, 0.2) is 18.2 Å². The van der Waals surface area contributed by atoms with Crippen molar-refractivity contribution in [3.63, 3.8) is 0 Å². The number of nitrogens with two attached hydrogens (primary N) is 1. The van der Waals surface area contributed by atoms with Gasteiger partial charge in [-0.25, -0.2) is 13.2 Å². The number of phenols is 1. The Balaban J connectivity index is 3.01. The van der Waals surface area contributed by atoms with Crippen LogP contribution in [-0.4, -0.2) is 42.0 Å². The van der Waals surface area contributed by atoms with Gasteiger partial charge in [0.1, 0.15) is 17.1 Å². The van der Waals surface area contributed by atoms with E-state index < -0.39 is 36.0 Å². The quantitative estimate of drug-likeness (QED) is 0.837. The first kappa shape index (κ1) is 14.3. The highest BCUT2D eigenvalue weighted by Crippen LogP contribution is 2.21. The van der Waals surface area contributed by atoms with Gasteiger partial charge in [0.05, 0.1) is 6.54 Å². The highest BCUT2D eigenvalue weighted by atomic mass is 19.3. The lowest BCUT2D eigenvalue weighted by atomic mass is 10.1. The number of hydrogen-bond acceptors (Lipinski definition) is 3. The van der Waals surface area contributed by atoms with E-state index >= 15 is 0 Å².